The number of fused-ring (bicyclic) bond motifs is 2. The molecule has 1 aliphatic rings. The fraction of sp³-hybridized carbons (Fsp3) is 0.304. The molecule has 0 radical (unpaired) electrons. The molecular formula is C23H22FN3O4. The number of aromatic nitrogens is 2. The lowest BCUT2D eigenvalue weighted by Crippen LogP contribution is -2.26. The molecule has 0 unspecified atom stereocenters. The number of carbonyl (C=O) groups excluding carboxylic acids is 2. The third kappa shape index (κ3) is 4.79. The highest BCUT2D eigenvalue weighted by atomic mass is 19.1. The number of aryl methyl sites for hydroxylation is 1. The molecule has 160 valence electrons. The molecule has 4 rings (SSSR count). The third-order valence-electron chi connectivity index (χ3n) is 5.24. The monoisotopic (exact) mass is 423 g/mol. The number of nitrogens with zero attached hydrogens (tertiary/aromatic N) is 2. The minimum absolute atomic E-state index is 0.101. The Bertz CT molecular complexity index is 1210. The molecule has 0 spiro atoms. The highest BCUT2D eigenvalue weighted by Gasteiger charge is 2.16. The van der Waals surface area contributed by atoms with Crippen molar-refractivity contribution in [2.75, 3.05) is 11.9 Å². The number of hydrogen-bond acceptors (Lipinski definition) is 5. The van der Waals surface area contributed by atoms with E-state index in [1.807, 2.05) is 0 Å². The number of amides is 1. The summed E-state index contributed by atoms with van der Waals surface area (Å²) >= 11 is 0. The number of ether oxygens (including phenoxy) is 1. The Kier molecular flexibility index (Phi) is 6.06. The van der Waals surface area contributed by atoms with Crippen LogP contribution in [0.3, 0.4) is 0 Å². The number of anilines is 1. The van der Waals surface area contributed by atoms with E-state index in [2.05, 4.69) is 10.3 Å². The van der Waals surface area contributed by atoms with Crippen LogP contribution in [0.2, 0.25) is 0 Å². The van der Waals surface area contributed by atoms with Gasteiger partial charge >= 0.3 is 5.97 Å². The van der Waals surface area contributed by atoms with Crippen LogP contribution in [0.15, 0.2) is 47.3 Å². The van der Waals surface area contributed by atoms with Crippen LogP contribution < -0.4 is 10.9 Å². The van der Waals surface area contributed by atoms with Crippen molar-refractivity contribution in [3.05, 3.63) is 70.0 Å². The molecule has 2 aromatic carbocycles. The average Bonchev–Trinajstić information content (AvgIpc) is 2.73. The lowest BCUT2D eigenvalue weighted by Gasteiger charge is -2.16. The summed E-state index contributed by atoms with van der Waals surface area (Å²) in [5.74, 6) is -1.04. The van der Waals surface area contributed by atoms with Crippen molar-refractivity contribution in [3.8, 4) is 0 Å². The van der Waals surface area contributed by atoms with Gasteiger partial charge in [-0.05, 0) is 49.2 Å². The number of rotatable bonds is 4. The quantitative estimate of drug-likeness (QED) is 0.649. The molecular weight excluding hydrogens is 401 g/mol. The maximum absolute atomic E-state index is 13.2. The molecule has 8 heteroatoms. The lowest BCUT2D eigenvalue weighted by molar-refractivity contribution is -0.119. The van der Waals surface area contributed by atoms with Gasteiger partial charge in [0.05, 0.1) is 16.5 Å². The SMILES string of the molecule is O=C(COC(=O)c1ccc2c(=O)n3c(nc2c1)CCCCCC3)Nc1cccc(F)c1. The van der Waals surface area contributed by atoms with E-state index >= 15 is 0 Å². The molecule has 0 bridgehead atoms. The normalized spacial score (nSPS) is 13.7. The van der Waals surface area contributed by atoms with E-state index in [0.29, 0.717) is 17.4 Å². The minimum atomic E-state index is -0.704. The van der Waals surface area contributed by atoms with Gasteiger partial charge < -0.3 is 10.1 Å². The van der Waals surface area contributed by atoms with Crippen molar-refractivity contribution >= 4 is 28.5 Å². The Morgan fingerprint density at radius 2 is 1.94 bits per heavy atom. The second-order valence-corrected chi connectivity index (χ2v) is 7.52. The van der Waals surface area contributed by atoms with E-state index in [0.717, 1.165) is 44.0 Å². The molecule has 0 saturated heterocycles. The number of benzene rings is 2. The lowest BCUT2D eigenvalue weighted by atomic mass is 10.1. The molecule has 2 heterocycles. The van der Waals surface area contributed by atoms with Gasteiger partial charge in [-0.2, -0.15) is 0 Å². The van der Waals surface area contributed by atoms with Crippen molar-refractivity contribution < 1.29 is 18.7 Å². The summed E-state index contributed by atoms with van der Waals surface area (Å²) in [5, 5.41) is 2.91. The van der Waals surface area contributed by atoms with E-state index in [-0.39, 0.29) is 16.8 Å². The van der Waals surface area contributed by atoms with E-state index in [9.17, 15) is 18.8 Å². The van der Waals surface area contributed by atoms with Gasteiger partial charge in [0.25, 0.3) is 11.5 Å². The fourth-order valence-corrected chi connectivity index (χ4v) is 3.70. The van der Waals surface area contributed by atoms with Gasteiger partial charge in [-0.1, -0.05) is 18.9 Å². The molecule has 0 fully saturated rings. The smallest absolute Gasteiger partial charge is 0.338 e. The van der Waals surface area contributed by atoms with E-state index in [1.165, 1.54) is 30.3 Å². The first-order valence-corrected chi connectivity index (χ1v) is 10.3. The average molecular weight is 423 g/mol. The van der Waals surface area contributed by atoms with Gasteiger partial charge in [-0.15, -0.1) is 0 Å². The molecule has 0 atom stereocenters. The maximum Gasteiger partial charge on any atom is 0.338 e. The van der Waals surface area contributed by atoms with Crippen molar-refractivity contribution in [2.45, 2.75) is 38.6 Å². The maximum atomic E-state index is 13.2. The second kappa shape index (κ2) is 9.07. The Hall–Kier alpha value is -3.55. The molecule has 1 aliphatic heterocycles. The van der Waals surface area contributed by atoms with Gasteiger partial charge in [0, 0.05) is 18.7 Å². The summed E-state index contributed by atoms with van der Waals surface area (Å²) in [6.45, 7) is 0.134. The third-order valence-corrected chi connectivity index (χ3v) is 5.24. The number of halogens is 1. The Labute approximate surface area is 177 Å². The zero-order chi connectivity index (χ0) is 21.8. The molecule has 31 heavy (non-hydrogen) atoms. The van der Waals surface area contributed by atoms with Crippen LogP contribution >= 0.6 is 0 Å². The van der Waals surface area contributed by atoms with E-state index in [1.54, 1.807) is 10.6 Å². The number of hydrogen-bond donors (Lipinski definition) is 1. The molecule has 1 amide bonds. The van der Waals surface area contributed by atoms with E-state index in [4.69, 9.17) is 4.74 Å². The zero-order valence-electron chi connectivity index (χ0n) is 16.9. The molecule has 0 aliphatic carbocycles. The van der Waals surface area contributed by atoms with Gasteiger partial charge in [0.2, 0.25) is 0 Å². The van der Waals surface area contributed by atoms with Gasteiger partial charge in [0.15, 0.2) is 6.61 Å². The second-order valence-electron chi connectivity index (χ2n) is 7.52. The Balaban J connectivity index is 1.48. The summed E-state index contributed by atoms with van der Waals surface area (Å²) in [6.07, 6.45) is 4.85. The number of carbonyl (C=O) groups is 2. The number of esters is 1. The van der Waals surface area contributed by atoms with Crippen LogP contribution in [0.1, 0.15) is 41.9 Å². The van der Waals surface area contributed by atoms with Crippen molar-refractivity contribution in [2.24, 2.45) is 0 Å². The van der Waals surface area contributed by atoms with Crippen LogP contribution in [-0.4, -0.2) is 28.0 Å². The van der Waals surface area contributed by atoms with Crippen LogP contribution in [-0.2, 0) is 22.5 Å². The molecule has 0 saturated carbocycles. The van der Waals surface area contributed by atoms with Crippen molar-refractivity contribution in [1.29, 1.82) is 0 Å². The summed E-state index contributed by atoms with van der Waals surface area (Å²) in [6, 6.07) is 10.00. The number of nitrogens with one attached hydrogen (secondary N) is 1. The predicted molar refractivity (Wildman–Crippen MR) is 113 cm³/mol. The minimum Gasteiger partial charge on any atom is -0.452 e. The summed E-state index contributed by atoms with van der Waals surface area (Å²) in [5.41, 5.74) is 0.813. The first-order chi connectivity index (χ1) is 15.0. The van der Waals surface area contributed by atoms with Crippen LogP contribution in [0.4, 0.5) is 10.1 Å². The first kappa shape index (κ1) is 20.7. The molecule has 3 aromatic rings. The van der Waals surface area contributed by atoms with Crippen LogP contribution in [0.25, 0.3) is 10.9 Å². The van der Waals surface area contributed by atoms with E-state index < -0.39 is 24.3 Å². The molecule has 7 nitrogen and oxygen atoms in total. The van der Waals surface area contributed by atoms with Crippen LogP contribution in [0.5, 0.6) is 0 Å². The van der Waals surface area contributed by atoms with Crippen LogP contribution in [0, 0.1) is 5.82 Å². The summed E-state index contributed by atoms with van der Waals surface area (Å²) in [4.78, 5) is 41.9. The van der Waals surface area contributed by atoms with Crippen molar-refractivity contribution in [3.63, 3.8) is 0 Å². The largest absolute Gasteiger partial charge is 0.452 e. The summed E-state index contributed by atoms with van der Waals surface area (Å²) in [7, 11) is 0. The topological polar surface area (TPSA) is 90.3 Å². The molecule has 1 N–H and O–H groups in total. The standard InChI is InChI=1S/C23H22FN3O4/c24-16-6-5-7-17(13-16)25-21(28)14-31-23(30)15-9-10-18-19(12-15)26-20-8-3-1-2-4-11-27(20)22(18)29/h5-7,9-10,12-13H,1-4,8,11,14H2,(H,25,28). The first-order valence-electron chi connectivity index (χ1n) is 10.3. The van der Waals surface area contributed by atoms with Crippen molar-refractivity contribution in [1.82, 2.24) is 9.55 Å². The van der Waals surface area contributed by atoms with Gasteiger partial charge in [0.1, 0.15) is 11.6 Å². The molecule has 1 aromatic heterocycles. The highest BCUT2D eigenvalue weighted by Crippen LogP contribution is 2.17. The van der Waals surface area contributed by atoms with Gasteiger partial charge in [-0.25, -0.2) is 14.2 Å². The highest BCUT2D eigenvalue weighted by molar-refractivity contribution is 5.97. The summed E-state index contributed by atoms with van der Waals surface area (Å²) < 4.78 is 20.0. The van der Waals surface area contributed by atoms with Gasteiger partial charge in [-0.3, -0.25) is 14.2 Å². The Morgan fingerprint density at radius 3 is 2.77 bits per heavy atom. The zero-order valence-corrected chi connectivity index (χ0v) is 16.9. The Morgan fingerprint density at radius 1 is 1.10 bits per heavy atom. The fourth-order valence-electron chi connectivity index (χ4n) is 3.70. The predicted octanol–water partition coefficient (Wildman–Crippen LogP) is 3.45.